The minimum atomic E-state index is -1.21. The van der Waals surface area contributed by atoms with Crippen LogP contribution in [-0.2, 0) is 4.79 Å². The summed E-state index contributed by atoms with van der Waals surface area (Å²) in [5.74, 6) is -1.21. The van der Waals surface area contributed by atoms with Crippen LogP contribution in [0.5, 0.6) is 0 Å². The predicted molar refractivity (Wildman–Crippen MR) is 32.6 cm³/mol. The van der Waals surface area contributed by atoms with Crippen molar-refractivity contribution in [1.82, 2.24) is 9.97 Å². The summed E-state index contributed by atoms with van der Waals surface area (Å²) in [6, 6.07) is 0. The molecular weight excluding hydrogens is 155 g/mol. The Morgan fingerprint density at radius 3 is 2.91 bits per heavy atom. The second-order valence-electron chi connectivity index (χ2n) is 1.66. The second kappa shape index (κ2) is 5.12. The molecule has 0 atom stereocenters. The van der Waals surface area contributed by atoms with Gasteiger partial charge in [0.15, 0.2) is 0 Å². The van der Waals surface area contributed by atoms with Crippen molar-refractivity contribution in [3.8, 4) is 0 Å². The van der Waals surface area contributed by atoms with Crippen molar-refractivity contribution >= 4 is 12.0 Å². The van der Waals surface area contributed by atoms with Gasteiger partial charge in [0.25, 0.3) is 0 Å². The Morgan fingerprint density at radius 1 is 1.73 bits per heavy atom. The van der Waals surface area contributed by atoms with E-state index < -0.39 is 5.97 Å². The first-order chi connectivity index (χ1) is 4.79. The van der Waals surface area contributed by atoms with Crippen LogP contribution >= 0.6 is 0 Å². The summed E-state index contributed by atoms with van der Waals surface area (Å²) in [6.07, 6.45) is 5.30. The normalized spacial score (nSPS) is 9.45. The largest absolute Gasteiger partial charge is 1.00 e. The molecule has 52 valence electrons. The molecule has 0 aliphatic carbocycles. The van der Waals surface area contributed by atoms with Crippen LogP contribution in [0.2, 0.25) is 0 Å². The summed E-state index contributed by atoms with van der Waals surface area (Å²) >= 11 is 0. The Morgan fingerprint density at radius 2 is 2.45 bits per heavy atom. The van der Waals surface area contributed by atoms with Crippen molar-refractivity contribution in [3.63, 3.8) is 0 Å². The topological polar surface area (TPSA) is 68.8 Å². The van der Waals surface area contributed by atoms with Gasteiger partial charge in [-0.1, -0.05) is 0 Å². The fraction of sp³-hybridized carbons (Fsp3) is 0. The van der Waals surface area contributed by atoms with Gasteiger partial charge in [-0.25, -0.2) is 4.98 Å². The average Bonchev–Trinajstić information content (AvgIpc) is 2.34. The summed E-state index contributed by atoms with van der Waals surface area (Å²) in [5, 5.41) is 9.86. The number of carbonyl (C=O) groups excluding carboxylic acids is 1. The Kier molecular flexibility index (Phi) is 4.85. The molecule has 5 heteroatoms. The second-order valence-corrected chi connectivity index (χ2v) is 1.66. The number of hydrogen-bond donors (Lipinski definition) is 1. The van der Waals surface area contributed by atoms with Gasteiger partial charge in [-0.05, 0) is 12.2 Å². The summed E-state index contributed by atoms with van der Waals surface area (Å²) in [5.41, 5.74) is 0.643. The number of carboxylic acids is 1. The molecular formula is C6H5N2NaO2. The maximum absolute atomic E-state index is 9.86. The minimum Gasteiger partial charge on any atom is -0.545 e. The summed E-state index contributed by atoms with van der Waals surface area (Å²) in [7, 11) is 0. The van der Waals surface area contributed by atoms with E-state index in [0.717, 1.165) is 6.08 Å². The van der Waals surface area contributed by atoms with E-state index in [-0.39, 0.29) is 29.6 Å². The SMILES string of the molecule is O=C([O-])/C=C/c1cnc[nH]1.[Na+]. The van der Waals surface area contributed by atoms with Gasteiger partial charge >= 0.3 is 29.6 Å². The van der Waals surface area contributed by atoms with Gasteiger partial charge in [0.2, 0.25) is 0 Å². The van der Waals surface area contributed by atoms with E-state index in [0.29, 0.717) is 5.69 Å². The van der Waals surface area contributed by atoms with E-state index in [1.807, 2.05) is 0 Å². The van der Waals surface area contributed by atoms with Crippen molar-refractivity contribution in [3.05, 3.63) is 24.3 Å². The maximum atomic E-state index is 9.86. The van der Waals surface area contributed by atoms with Gasteiger partial charge in [-0.15, -0.1) is 0 Å². The minimum absolute atomic E-state index is 0. The maximum Gasteiger partial charge on any atom is 1.00 e. The smallest absolute Gasteiger partial charge is 0.545 e. The molecule has 0 spiro atoms. The zero-order valence-corrected chi connectivity index (χ0v) is 8.07. The number of hydrogen-bond acceptors (Lipinski definition) is 3. The third-order valence-electron chi connectivity index (χ3n) is 0.918. The molecule has 11 heavy (non-hydrogen) atoms. The molecule has 0 amide bonds. The number of carboxylic acid groups (broad SMARTS) is 1. The number of nitrogens with one attached hydrogen (secondary N) is 1. The third-order valence-corrected chi connectivity index (χ3v) is 0.918. The first-order valence-electron chi connectivity index (χ1n) is 2.66. The average molecular weight is 160 g/mol. The molecule has 1 aromatic rings. The zero-order valence-electron chi connectivity index (χ0n) is 6.07. The molecule has 0 unspecified atom stereocenters. The van der Waals surface area contributed by atoms with Crippen molar-refractivity contribution in [2.24, 2.45) is 0 Å². The molecule has 1 rings (SSSR count). The molecule has 0 fully saturated rings. The Labute approximate surface area is 85.6 Å². The number of aromatic amines is 1. The molecule has 0 aliphatic rings. The number of nitrogens with zero attached hydrogens (tertiary/aromatic N) is 1. The summed E-state index contributed by atoms with van der Waals surface area (Å²) < 4.78 is 0. The van der Waals surface area contributed by atoms with Crippen molar-refractivity contribution in [2.45, 2.75) is 0 Å². The van der Waals surface area contributed by atoms with Crippen LogP contribution in [0.1, 0.15) is 5.69 Å². The van der Waals surface area contributed by atoms with E-state index in [9.17, 15) is 9.90 Å². The molecule has 4 nitrogen and oxygen atoms in total. The van der Waals surface area contributed by atoms with E-state index in [1.54, 1.807) is 0 Å². The third kappa shape index (κ3) is 3.98. The van der Waals surface area contributed by atoms with Crippen molar-refractivity contribution in [2.75, 3.05) is 0 Å². The first-order valence-corrected chi connectivity index (χ1v) is 2.66. The summed E-state index contributed by atoms with van der Waals surface area (Å²) in [4.78, 5) is 16.2. The fourth-order valence-electron chi connectivity index (χ4n) is 0.516. The van der Waals surface area contributed by atoms with Crippen LogP contribution in [0.15, 0.2) is 18.6 Å². The summed E-state index contributed by atoms with van der Waals surface area (Å²) in [6.45, 7) is 0. The molecule has 1 aromatic heterocycles. The molecule has 0 aromatic carbocycles. The quantitative estimate of drug-likeness (QED) is 0.356. The zero-order chi connectivity index (χ0) is 7.40. The van der Waals surface area contributed by atoms with Gasteiger partial charge in [-0.3, -0.25) is 0 Å². The standard InChI is InChI=1S/C6H6N2O2.Na/c9-6(10)2-1-5-3-7-4-8-5;/h1-4H,(H,7,8)(H,9,10);/q;+1/p-1/b2-1+;. The number of imidazole rings is 1. The Balaban J connectivity index is 0.000001000. The van der Waals surface area contributed by atoms with Gasteiger partial charge < -0.3 is 14.9 Å². The number of H-pyrrole nitrogens is 1. The predicted octanol–water partition coefficient (Wildman–Crippen LogP) is -3.82. The van der Waals surface area contributed by atoms with E-state index >= 15 is 0 Å². The fourth-order valence-corrected chi connectivity index (χ4v) is 0.516. The van der Waals surface area contributed by atoms with Crippen molar-refractivity contribution < 1.29 is 39.5 Å². The van der Waals surface area contributed by atoms with Crippen LogP contribution in [0, 0.1) is 0 Å². The Bertz CT molecular complexity index is 243. The van der Waals surface area contributed by atoms with Crippen LogP contribution in [0.4, 0.5) is 0 Å². The van der Waals surface area contributed by atoms with Crippen molar-refractivity contribution in [1.29, 1.82) is 0 Å². The number of carbonyl (C=O) groups is 1. The number of aliphatic carboxylic acids is 1. The first kappa shape index (κ1) is 10.4. The molecule has 0 bridgehead atoms. The van der Waals surface area contributed by atoms with Gasteiger partial charge in [0.1, 0.15) is 0 Å². The molecule has 0 aliphatic heterocycles. The van der Waals surface area contributed by atoms with Crippen LogP contribution in [0.25, 0.3) is 6.08 Å². The molecule has 0 saturated carbocycles. The van der Waals surface area contributed by atoms with E-state index in [2.05, 4.69) is 9.97 Å². The van der Waals surface area contributed by atoms with Gasteiger partial charge in [-0.2, -0.15) is 0 Å². The van der Waals surface area contributed by atoms with E-state index in [4.69, 9.17) is 0 Å². The number of aromatic nitrogens is 2. The van der Waals surface area contributed by atoms with E-state index in [1.165, 1.54) is 18.6 Å². The molecule has 0 saturated heterocycles. The van der Waals surface area contributed by atoms with Gasteiger partial charge in [0.05, 0.1) is 24.2 Å². The monoisotopic (exact) mass is 160 g/mol. The number of rotatable bonds is 2. The molecule has 1 heterocycles. The Hall–Kier alpha value is -0.580. The molecule has 0 radical (unpaired) electrons. The van der Waals surface area contributed by atoms with Crippen LogP contribution in [-0.4, -0.2) is 15.9 Å². The van der Waals surface area contributed by atoms with Crippen LogP contribution in [0.3, 0.4) is 0 Å². The molecule has 1 N–H and O–H groups in total. The van der Waals surface area contributed by atoms with Crippen LogP contribution < -0.4 is 34.7 Å². The van der Waals surface area contributed by atoms with Gasteiger partial charge in [0, 0.05) is 0 Å².